The monoisotopic (exact) mass is 281 g/mol. The summed E-state index contributed by atoms with van der Waals surface area (Å²) in [5, 5.41) is 1.99. The quantitative estimate of drug-likeness (QED) is 0.594. The number of likely N-dealkylation sites (N-methyl/N-ethyl adjacent to an activating group) is 1. The Morgan fingerprint density at radius 1 is 1.47 bits per heavy atom. The van der Waals surface area contributed by atoms with Gasteiger partial charge in [-0.25, -0.2) is 0 Å². The maximum absolute atomic E-state index is 12.0. The summed E-state index contributed by atoms with van der Waals surface area (Å²) >= 11 is 1.60. The molecule has 1 aromatic heterocycles. The Hall–Kier alpha value is -1.62. The van der Waals surface area contributed by atoms with Gasteiger partial charge in [0.15, 0.2) is 0 Å². The number of carbonyl (C=O) groups is 2. The highest BCUT2D eigenvalue weighted by molar-refractivity contribution is 7.11. The lowest BCUT2D eigenvalue weighted by Crippen LogP contribution is -2.31. The minimum atomic E-state index is -0.302. The summed E-state index contributed by atoms with van der Waals surface area (Å²) in [7, 11) is 1.35. The van der Waals surface area contributed by atoms with E-state index in [4.69, 9.17) is 0 Å². The van der Waals surface area contributed by atoms with E-state index < -0.39 is 0 Å². The lowest BCUT2D eigenvalue weighted by Gasteiger charge is -2.18. The minimum Gasteiger partial charge on any atom is -0.469 e. The van der Waals surface area contributed by atoms with Crippen molar-refractivity contribution < 1.29 is 14.3 Å². The van der Waals surface area contributed by atoms with E-state index in [2.05, 4.69) is 4.74 Å². The van der Waals surface area contributed by atoms with Crippen molar-refractivity contribution in [2.45, 2.75) is 20.3 Å². The third-order valence-electron chi connectivity index (χ3n) is 2.79. The first-order valence-electron chi connectivity index (χ1n) is 6.16. The second-order valence-electron chi connectivity index (χ2n) is 4.05. The minimum absolute atomic E-state index is 0.0841. The predicted molar refractivity (Wildman–Crippen MR) is 77.0 cm³/mol. The summed E-state index contributed by atoms with van der Waals surface area (Å²) in [6.07, 6.45) is 3.60. The fraction of sp³-hybridized carbons (Fsp3) is 0.429. The van der Waals surface area contributed by atoms with Crippen molar-refractivity contribution in [1.82, 2.24) is 4.90 Å². The third kappa shape index (κ3) is 4.87. The molecule has 1 rings (SSSR count). The molecule has 19 heavy (non-hydrogen) atoms. The van der Waals surface area contributed by atoms with E-state index in [1.165, 1.54) is 7.11 Å². The first-order valence-corrected chi connectivity index (χ1v) is 7.04. The molecule has 0 N–H and O–H groups in total. The van der Waals surface area contributed by atoms with Crippen LogP contribution in [0.4, 0.5) is 0 Å². The van der Waals surface area contributed by atoms with Crippen LogP contribution in [0.15, 0.2) is 17.5 Å². The van der Waals surface area contributed by atoms with Crippen molar-refractivity contribution in [1.29, 1.82) is 0 Å². The summed E-state index contributed by atoms with van der Waals surface area (Å²) < 4.78 is 4.57. The molecule has 1 amide bonds. The van der Waals surface area contributed by atoms with Gasteiger partial charge >= 0.3 is 5.97 Å². The van der Waals surface area contributed by atoms with Gasteiger partial charge in [-0.15, -0.1) is 11.3 Å². The number of nitrogens with zero attached hydrogens (tertiary/aromatic N) is 1. The molecule has 1 heterocycles. The standard InChI is InChI=1S/C14H19NO3S/c1-4-15(9-7-14(17)18-3)13(16)6-5-12-11(2)8-10-19-12/h5-6,8,10H,4,7,9H2,1-3H3/b6-5+. The number of hydrogen-bond acceptors (Lipinski definition) is 4. The summed E-state index contributed by atoms with van der Waals surface area (Å²) in [4.78, 5) is 25.7. The Morgan fingerprint density at radius 2 is 2.21 bits per heavy atom. The van der Waals surface area contributed by atoms with Gasteiger partial charge in [0.1, 0.15) is 0 Å². The van der Waals surface area contributed by atoms with E-state index in [0.717, 1.165) is 10.4 Å². The normalized spacial score (nSPS) is 10.7. The number of thiophene rings is 1. The SMILES string of the molecule is CCN(CCC(=O)OC)C(=O)/C=C/c1sccc1C. The molecule has 0 saturated heterocycles. The van der Waals surface area contributed by atoms with E-state index in [1.807, 2.05) is 31.4 Å². The largest absolute Gasteiger partial charge is 0.469 e. The predicted octanol–water partition coefficient (Wildman–Crippen LogP) is 2.48. The van der Waals surface area contributed by atoms with Gasteiger partial charge in [0.2, 0.25) is 5.91 Å². The molecule has 104 valence electrons. The molecule has 0 atom stereocenters. The fourth-order valence-electron chi connectivity index (χ4n) is 1.56. The fourth-order valence-corrected chi connectivity index (χ4v) is 2.38. The smallest absolute Gasteiger partial charge is 0.307 e. The van der Waals surface area contributed by atoms with E-state index >= 15 is 0 Å². The summed E-state index contributed by atoms with van der Waals surface area (Å²) in [6, 6.07) is 2.02. The Bertz CT molecular complexity index is 465. The molecule has 5 heteroatoms. The van der Waals surface area contributed by atoms with Crippen molar-refractivity contribution in [3.8, 4) is 0 Å². The molecule has 0 unspecified atom stereocenters. The van der Waals surface area contributed by atoms with Gasteiger partial charge in [-0.2, -0.15) is 0 Å². The number of methoxy groups -OCH3 is 1. The van der Waals surface area contributed by atoms with Gasteiger partial charge in [0.25, 0.3) is 0 Å². The molecule has 4 nitrogen and oxygen atoms in total. The van der Waals surface area contributed by atoms with Crippen LogP contribution in [0.5, 0.6) is 0 Å². The maximum Gasteiger partial charge on any atom is 0.307 e. The molecule has 0 aliphatic heterocycles. The van der Waals surface area contributed by atoms with Crippen molar-refractivity contribution in [3.63, 3.8) is 0 Å². The van der Waals surface area contributed by atoms with Crippen molar-refractivity contribution in [2.75, 3.05) is 20.2 Å². The number of carbonyl (C=O) groups excluding carboxylic acids is 2. The van der Waals surface area contributed by atoms with Crippen LogP contribution < -0.4 is 0 Å². The lowest BCUT2D eigenvalue weighted by atomic mass is 10.2. The van der Waals surface area contributed by atoms with E-state index in [1.54, 1.807) is 22.3 Å². The van der Waals surface area contributed by atoms with Crippen LogP contribution in [0.3, 0.4) is 0 Å². The number of ether oxygens (including phenoxy) is 1. The molecule has 0 aliphatic rings. The number of amides is 1. The molecule has 0 spiro atoms. The van der Waals surface area contributed by atoms with Gasteiger partial charge in [0, 0.05) is 24.0 Å². The van der Waals surface area contributed by atoms with Crippen LogP contribution in [-0.2, 0) is 14.3 Å². The van der Waals surface area contributed by atoms with Crippen LogP contribution in [-0.4, -0.2) is 37.0 Å². The molecule has 1 aromatic rings. The van der Waals surface area contributed by atoms with Gasteiger partial charge in [0.05, 0.1) is 13.5 Å². The number of hydrogen-bond donors (Lipinski definition) is 0. The molecular formula is C14H19NO3S. The Balaban J connectivity index is 2.56. The number of rotatable bonds is 6. The Morgan fingerprint density at radius 3 is 2.74 bits per heavy atom. The number of esters is 1. The van der Waals surface area contributed by atoms with Crippen molar-refractivity contribution in [2.24, 2.45) is 0 Å². The molecule has 0 saturated carbocycles. The molecule has 0 aromatic carbocycles. The molecule has 0 radical (unpaired) electrons. The zero-order valence-corrected chi connectivity index (χ0v) is 12.3. The lowest BCUT2D eigenvalue weighted by molar-refractivity contribution is -0.141. The van der Waals surface area contributed by atoms with Crippen LogP contribution in [0.1, 0.15) is 23.8 Å². The summed E-state index contributed by atoms with van der Waals surface area (Å²) in [6.45, 7) is 4.86. The second-order valence-corrected chi connectivity index (χ2v) is 4.99. The van der Waals surface area contributed by atoms with Crippen LogP contribution in [0, 0.1) is 6.92 Å². The maximum atomic E-state index is 12.0. The topological polar surface area (TPSA) is 46.6 Å². The van der Waals surface area contributed by atoms with E-state index in [0.29, 0.717) is 13.1 Å². The highest BCUT2D eigenvalue weighted by Gasteiger charge is 2.11. The number of aryl methyl sites for hydroxylation is 1. The first kappa shape index (κ1) is 15.4. The summed E-state index contributed by atoms with van der Waals surface area (Å²) in [5.74, 6) is -0.386. The van der Waals surface area contributed by atoms with Crippen LogP contribution >= 0.6 is 11.3 Å². The molecule has 0 bridgehead atoms. The molecular weight excluding hydrogens is 262 g/mol. The van der Waals surface area contributed by atoms with Crippen molar-refractivity contribution in [3.05, 3.63) is 28.0 Å². The van der Waals surface area contributed by atoms with Crippen LogP contribution in [0.25, 0.3) is 6.08 Å². The van der Waals surface area contributed by atoms with Gasteiger partial charge in [-0.05, 0) is 36.9 Å². The van der Waals surface area contributed by atoms with Crippen molar-refractivity contribution >= 4 is 29.3 Å². The molecule has 0 aliphatic carbocycles. The zero-order valence-electron chi connectivity index (χ0n) is 11.5. The highest BCUT2D eigenvalue weighted by Crippen LogP contribution is 2.17. The summed E-state index contributed by atoms with van der Waals surface area (Å²) in [5.41, 5.74) is 1.16. The van der Waals surface area contributed by atoms with E-state index in [9.17, 15) is 9.59 Å². The second kappa shape index (κ2) is 7.74. The average molecular weight is 281 g/mol. The van der Waals surface area contributed by atoms with E-state index in [-0.39, 0.29) is 18.3 Å². The van der Waals surface area contributed by atoms with Gasteiger partial charge in [-0.1, -0.05) is 0 Å². The van der Waals surface area contributed by atoms with Crippen LogP contribution in [0.2, 0.25) is 0 Å². The van der Waals surface area contributed by atoms with Gasteiger partial charge < -0.3 is 9.64 Å². The zero-order chi connectivity index (χ0) is 14.3. The first-order chi connectivity index (χ1) is 9.08. The Kier molecular flexibility index (Phi) is 6.29. The van der Waals surface area contributed by atoms with Gasteiger partial charge in [-0.3, -0.25) is 9.59 Å². The Labute approximate surface area is 117 Å². The molecule has 0 fully saturated rings. The highest BCUT2D eigenvalue weighted by atomic mass is 32.1. The average Bonchev–Trinajstić information content (AvgIpc) is 2.82. The third-order valence-corrected chi connectivity index (χ3v) is 3.77.